The lowest BCUT2D eigenvalue weighted by Gasteiger charge is -2.16. The molecule has 1 rings (SSSR count). The molecule has 1 aliphatic heterocycles. The lowest BCUT2D eigenvalue weighted by Crippen LogP contribution is -2.29. The Morgan fingerprint density at radius 1 is 1.70 bits per heavy atom. The van der Waals surface area contributed by atoms with Crippen LogP contribution in [0.1, 0.15) is 13.3 Å². The highest BCUT2D eigenvalue weighted by Crippen LogP contribution is 2.21. The highest BCUT2D eigenvalue weighted by atomic mass is 16.4. The first-order valence-electron chi connectivity index (χ1n) is 3.56. The van der Waals surface area contributed by atoms with Crippen LogP contribution in [0.15, 0.2) is 0 Å². The highest BCUT2D eigenvalue weighted by Gasteiger charge is 2.32. The molecule has 0 amide bonds. The Balaban J connectivity index is 2.57. The molecule has 1 aliphatic rings. The molecule has 1 saturated heterocycles. The fraction of sp³-hybridized carbons (Fsp3) is 0.857. The summed E-state index contributed by atoms with van der Waals surface area (Å²) in [6, 6.07) is 0.206. The van der Waals surface area contributed by atoms with Crippen LogP contribution in [-0.4, -0.2) is 35.6 Å². The number of hydrogen-bond donors (Lipinski definition) is 1. The predicted molar refractivity (Wildman–Crippen MR) is 37.8 cm³/mol. The molecular weight excluding hydrogens is 130 g/mol. The van der Waals surface area contributed by atoms with Gasteiger partial charge in [-0.25, -0.2) is 0 Å². The van der Waals surface area contributed by atoms with Gasteiger partial charge >= 0.3 is 5.97 Å². The Morgan fingerprint density at radius 3 is 2.50 bits per heavy atom. The Labute approximate surface area is 60.6 Å². The summed E-state index contributed by atoms with van der Waals surface area (Å²) in [4.78, 5) is 12.6. The van der Waals surface area contributed by atoms with Gasteiger partial charge in [-0.1, -0.05) is 0 Å². The van der Waals surface area contributed by atoms with Crippen LogP contribution in [0.2, 0.25) is 0 Å². The van der Waals surface area contributed by atoms with Crippen molar-refractivity contribution in [1.82, 2.24) is 4.90 Å². The quantitative estimate of drug-likeness (QED) is 0.578. The van der Waals surface area contributed by atoms with Crippen LogP contribution in [0.3, 0.4) is 0 Å². The van der Waals surface area contributed by atoms with E-state index in [4.69, 9.17) is 5.11 Å². The van der Waals surface area contributed by atoms with Crippen LogP contribution in [0.5, 0.6) is 0 Å². The van der Waals surface area contributed by atoms with E-state index in [0.29, 0.717) is 0 Å². The third-order valence-electron chi connectivity index (χ3n) is 2.39. The second-order valence-electron chi connectivity index (χ2n) is 2.95. The largest absolute Gasteiger partial charge is 0.481 e. The fourth-order valence-corrected chi connectivity index (χ4v) is 1.42. The molecule has 0 aromatic rings. The number of likely N-dealkylation sites (tertiary alicyclic amines) is 1. The van der Waals surface area contributed by atoms with E-state index in [2.05, 4.69) is 4.90 Å². The van der Waals surface area contributed by atoms with Crippen LogP contribution < -0.4 is 0 Å². The molecule has 0 spiro atoms. The summed E-state index contributed by atoms with van der Waals surface area (Å²) in [5, 5.41) is 8.67. The summed E-state index contributed by atoms with van der Waals surface area (Å²) in [5.74, 6) is -0.804. The van der Waals surface area contributed by atoms with Gasteiger partial charge in [-0.2, -0.15) is 0 Å². The standard InChI is InChI=1S/C7H13NO2/c1-5-6(7(9)10)3-4-8(5)2/h5-6H,3-4H2,1-2H3,(H,9,10)/t5-,6-/m0/s1. The van der Waals surface area contributed by atoms with Crippen LogP contribution >= 0.6 is 0 Å². The van der Waals surface area contributed by atoms with Crippen molar-refractivity contribution in [2.75, 3.05) is 13.6 Å². The minimum absolute atomic E-state index is 0.148. The number of rotatable bonds is 1. The van der Waals surface area contributed by atoms with E-state index in [0.717, 1.165) is 13.0 Å². The molecule has 10 heavy (non-hydrogen) atoms. The SMILES string of the molecule is C[C@H]1[C@@H](C(=O)O)CCN1C. The van der Waals surface area contributed by atoms with Crippen LogP contribution in [0.25, 0.3) is 0 Å². The number of aliphatic carboxylic acids is 1. The first-order valence-corrected chi connectivity index (χ1v) is 3.56. The van der Waals surface area contributed by atoms with Gasteiger partial charge in [0.1, 0.15) is 0 Å². The number of carboxylic acid groups (broad SMARTS) is 1. The van der Waals surface area contributed by atoms with E-state index in [1.54, 1.807) is 0 Å². The third-order valence-corrected chi connectivity index (χ3v) is 2.39. The molecule has 0 saturated carbocycles. The zero-order chi connectivity index (χ0) is 7.72. The zero-order valence-electron chi connectivity index (χ0n) is 6.37. The summed E-state index contributed by atoms with van der Waals surface area (Å²) in [6.45, 7) is 2.88. The van der Waals surface area contributed by atoms with E-state index in [-0.39, 0.29) is 12.0 Å². The molecule has 3 nitrogen and oxygen atoms in total. The molecule has 0 aromatic heterocycles. The van der Waals surface area contributed by atoms with Crippen molar-refractivity contribution in [1.29, 1.82) is 0 Å². The summed E-state index contributed by atoms with van der Waals surface area (Å²) in [7, 11) is 1.97. The third kappa shape index (κ3) is 1.14. The summed E-state index contributed by atoms with van der Waals surface area (Å²) < 4.78 is 0. The highest BCUT2D eigenvalue weighted by molar-refractivity contribution is 5.71. The molecule has 0 aromatic carbocycles. The lowest BCUT2D eigenvalue weighted by molar-refractivity contribution is -0.142. The lowest BCUT2D eigenvalue weighted by atomic mass is 10.0. The molecule has 58 valence electrons. The second kappa shape index (κ2) is 2.58. The summed E-state index contributed by atoms with van der Waals surface area (Å²) >= 11 is 0. The molecule has 1 fully saturated rings. The normalized spacial score (nSPS) is 34.6. The van der Waals surface area contributed by atoms with Gasteiger partial charge in [-0.15, -0.1) is 0 Å². The smallest absolute Gasteiger partial charge is 0.308 e. The number of carboxylic acids is 1. The van der Waals surface area contributed by atoms with Crippen LogP contribution in [0.4, 0.5) is 0 Å². The number of hydrogen-bond acceptors (Lipinski definition) is 2. The summed E-state index contributed by atoms with van der Waals surface area (Å²) in [6.07, 6.45) is 0.799. The number of carbonyl (C=O) groups is 1. The minimum atomic E-state index is -0.656. The van der Waals surface area contributed by atoms with Crippen molar-refractivity contribution in [3.63, 3.8) is 0 Å². The monoisotopic (exact) mass is 143 g/mol. The maximum absolute atomic E-state index is 10.5. The van der Waals surface area contributed by atoms with E-state index in [1.165, 1.54) is 0 Å². The van der Waals surface area contributed by atoms with Gasteiger partial charge in [0.2, 0.25) is 0 Å². The average molecular weight is 143 g/mol. The Bertz CT molecular complexity index is 147. The van der Waals surface area contributed by atoms with Crippen LogP contribution in [-0.2, 0) is 4.79 Å². The first-order chi connectivity index (χ1) is 4.63. The topological polar surface area (TPSA) is 40.5 Å². The minimum Gasteiger partial charge on any atom is -0.481 e. The molecule has 0 aliphatic carbocycles. The van der Waals surface area contributed by atoms with E-state index in [9.17, 15) is 4.79 Å². The van der Waals surface area contributed by atoms with Crippen molar-refractivity contribution in [2.24, 2.45) is 5.92 Å². The van der Waals surface area contributed by atoms with Crippen molar-refractivity contribution < 1.29 is 9.90 Å². The van der Waals surface area contributed by atoms with E-state index >= 15 is 0 Å². The Morgan fingerprint density at radius 2 is 2.30 bits per heavy atom. The van der Waals surface area contributed by atoms with Gasteiger partial charge in [0.15, 0.2) is 0 Å². The molecule has 0 bridgehead atoms. The molecule has 1 N–H and O–H groups in total. The second-order valence-corrected chi connectivity index (χ2v) is 2.95. The van der Waals surface area contributed by atoms with Gasteiger partial charge < -0.3 is 10.0 Å². The Kier molecular flexibility index (Phi) is 1.94. The maximum Gasteiger partial charge on any atom is 0.308 e. The van der Waals surface area contributed by atoms with Gasteiger partial charge in [-0.3, -0.25) is 4.79 Å². The van der Waals surface area contributed by atoms with Gasteiger partial charge in [-0.05, 0) is 26.9 Å². The van der Waals surface area contributed by atoms with E-state index < -0.39 is 5.97 Å². The number of nitrogens with zero attached hydrogens (tertiary/aromatic N) is 1. The molecular formula is C7H13NO2. The van der Waals surface area contributed by atoms with Crippen molar-refractivity contribution in [3.05, 3.63) is 0 Å². The van der Waals surface area contributed by atoms with Crippen molar-refractivity contribution >= 4 is 5.97 Å². The van der Waals surface area contributed by atoms with Gasteiger partial charge in [0, 0.05) is 6.04 Å². The zero-order valence-corrected chi connectivity index (χ0v) is 6.37. The van der Waals surface area contributed by atoms with Crippen LogP contribution in [0, 0.1) is 5.92 Å². The molecule has 0 unspecified atom stereocenters. The fourth-order valence-electron chi connectivity index (χ4n) is 1.42. The van der Waals surface area contributed by atoms with Crippen molar-refractivity contribution in [2.45, 2.75) is 19.4 Å². The average Bonchev–Trinajstić information content (AvgIpc) is 2.14. The van der Waals surface area contributed by atoms with Crippen molar-refractivity contribution in [3.8, 4) is 0 Å². The van der Waals surface area contributed by atoms with E-state index in [1.807, 2.05) is 14.0 Å². The maximum atomic E-state index is 10.5. The van der Waals surface area contributed by atoms with Gasteiger partial charge in [0.05, 0.1) is 5.92 Å². The Hall–Kier alpha value is -0.570. The van der Waals surface area contributed by atoms with Gasteiger partial charge in [0.25, 0.3) is 0 Å². The predicted octanol–water partition coefficient (Wildman–Crippen LogP) is 0.411. The summed E-state index contributed by atoms with van der Waals surface area (Å²) in [5.41, 5.74) is 0. The first kappa shape index (κ1) is 7.54. The molecule has 3 heteroatoms. The molecule has 0 radical (unpaired) electrons. The molecule has 1 heterocycles. The molecule has 2 atom stereocenters.